The molecule has 0 atom stereocenters. The van der Waals surface area contributed by atoms with Crippen LogP contribution in [0.5, 0.6) is 0 Å². The van der Waals surface area contributed by atoms with E-state index in [9.17, 15) is 18.5 Å². The Labute approximate surface area is 123 Å². The summed E-state index contributed by atoms with van der Waals surface area (Å²) < 4.78 is 25.9. The van der Waals surface area contributed by atoms with Crippen LogP contribution in [0.15, 0.2) is 23.1 Å². The second-order valence-corrected chi connectivity index (χ2v) is 6.73. The van der Waals surface area contributed by atoms with Gasteiger partial charge < -0.3 is 10.3 Å². The highest BCUT2D eigenvalue weighted by molar-refractivity contribution is 7.89. The topological polar surface area (TPSA) is 122 Å². The lowest BCUT2D eigenvalue weighted by Crippen LogP contribution is -2.33. The van der Waals surface area contributed by atoms with Gasteiger partial charge in [-0.3, -0.25) is 16.0 Å². The number of nitrogens with two attached hydrogens (primary N) is 1. The van der Waals surface area contributed by atoms with Crippen molar-refractivity contribution in [2.45, 2.75) is 4.90 Å². The molecule has 0 heterocycles. The van der Waals surface area contributed by atoms with E-state index in [1.165, 1.54) is 19.2 Å². The molecule has 0 aromatic heterocycles. The third kappa shape index (κ3) is 4.11. The standard InChI is InChI=1S/C11H19N5O4S/c1-14(2)6-7-15(3)21(19,20)11-5-4-9(13-12)8-10(11)16(17)18/h4-5,8,13H,6-7,12H2,1-3H3. The number of likely N-dealkylation sites (N-methyl/N-ethyl adjacent to an activating group) is 2. The Morgan fingerprint density at radius 1 is 1.29 bits per heavy atom. The smallest absolute Gasteiger partial charge is 0.291 e. The van der Waals surface area contributed by atoms with Gasteiger partial charge >= 0.3 is 0 Å². The molecule has 21 heavy (non-hydrogen) atoms. The average Bonchev–Trinajstić information content (AvgIpc) is 2.43. The van der Waals surface area contributed by atoms with Crippen molar-refractivity contribution in [1.29, 1.82) is 0 Å². The zero-order valence-electron chi connectivity index (χ0n) is 12.1. The van der Waals surface area contributed by atoms with Crippen molar-refractivity contribution in [3.63, 3.8) is 0 Å². The number of nitro benzene ring substituents is 1. The summed E-state index contributed by atoms with van der Waals surface area (Å²) in [5.41, 5.74) is 2.00. The first-order valence-electron chi connectivity index (χ1n) is 6.06. The van der Waals surface area contributed by atoms with Gasteiger partial charge in [-0.2, -0.15) is 4.31 Å². The van der Waals surface area contributed by atoms with Gasteiger partial charge in [0.25, 0.3) is 5.69 Å². The second-order valence-electron chi connectivity index (χ2n) is 4.71. The van der Waals surface area contributed by atoms with Crippen LogP contribution in [0.4, 0.5) is 11.4 Å². The molecule has 10 heteroatoms. The van der Waals surface area contributed by atoms with Crippen molar-refractivity contribution in [2.75, 3.05) is 39.7 Å². The number of hydrogen-bond acceptors (Lipinski definition) is 7. The summed E-state index contributed by atoms with van der Waals surface area (Å²) in [6.07, 6.45) is 0. The molecule has 1 aromatic carbocycles. The zero-order chi connectivity index (χ0) is 16.2. The lowest BCUT2D eigenvalue weighted by Gasteiger charge is -2.19. The molecule has 0 saturated heterocycles. The molecular weight excluding hydrogens is 298 g/mol. The summed E-state index contributed by atoms with van der Waals surface area (Å²) >= 11 is 0. The fraction of sp³-hybridized carbons (Fsp3) is 0.455. The summed E-state index contributed by atoms with van der Waals surface area (Å²) in [4.78, 5) is 11.8. The number of nitrogens with one attached hydrogen (secondary N) is 1. The van der Waals surface area contributed by atoms with E-state index in [2.05, 4.69) is 5.43 Å². The molecule has 0 aliphatic rings. The summed E-state index contributed by atoms with van der Waals surface area (Å²) in [7, 11) is 1.07. The van der Waals surface area contributed by atoms with Crippen molar-refractivity contribution >= 4 is 21.4 Å². The Hall–Kier alpha value is -1.75. The monoisotopic (exact) mass is 317 g/mol. The van der Waals surface area contributed by atoms with Crippen molar-refractivity contribution in [3.8, 4) is 0 Å². The molecule has 0 aliphatic carbocycles. The van der Waals surface area contributed by atoms with E-state index in [1.54, 1.807) is 0 Å². The molecule has 0 unspecified atom stereocenters. The van der Waals surface area contributed by atoms with Gasteiger partial charge in [-0.15, -0.1) is 0 Å². The van der Waals surface area contributed by atoms with E-state index in [4.69, 9.17) is 5.84 Å². The van der Waals surface area contributed by atoms with Crippen molar-refractivity contribution < 1.29 is 13.3 Å². The van der Waals surface area contributed by atoms with Crippen LogP contribution in [0, 0.1) is 10.1 Å². The number of nitrogen functional groups attached to an aromatic ring is 1. The quantitative estimate of drug-likeness (QED) is 0.414. The summed E-state index contributed by atoms with van der Waals surface area (Å²) in [5.74, 6) is 5.18. The number of nitro groups is 1. The zero-order valence-corrected chi connectivity index (χ0v) is 12.9. The number of rotatable bonds is 7. The van der Waals surface area contributed by atoms with Gasteiger partial charge in [-0.1, -0.05) is 0 Å². The van der Waals surface area contributed by atoms with Crippen LogP contribution in [-0.4, -0.2) is 56.8 Å². The Morgan fingerprint density at radius 3 is 2.38 bits per heavy atom. The maximum Gasteiger partial charge on any atom is 0.291 e. The largest absolute Gasteiger partial charge is 0.324 e. The summed E-state index contributed by atoms with van der Waals surface area (Å²) in [6, 6.07) is 3.64. The van der Waals surface area contributed by atoms with E-state index in [0.717, 1.165) is 10.4 Å². The van der Waals surface area contributed by atoms with Gasteiger partial charge in [0.15, 0.2) is 4.90 Å². The molecule has 1 aromatic rings. The first-order valence-corrected chi connectivity index (χ1v) is 7.50. The second kappa shape index (κ2) is 6.80. The molecule has 118 valence electrons. The number of benzene rings is 1. The van der Waals surface area contributed by atoms with Crippen molar-refractivity contribution in [2.24, 2.45) is 5.84 Å². The molecule has 9 nitrogen and oxygen atoms in total. The molecule has 3 N–H and O–H groups in total. The minimum Gasteiger partial charge on any atom is -0.324 e. The van der Waals surface area contributed by atoms with Crippen molar-refractivity contribution in [3.05, 3.63) is 28.3 Å². The molecule has 0 spiro atoms. The Kier molecular flexibility index (Phi) is 5.61. The summed E-state index contributed by atoms with van der Waals surface area (Å²) in [5, 5.41) is 11.1. The van der Waals surface area contributed by atoms with Crippen LogP contribution in [0.1, 0.15) is 0 Å². The third-order valence-electron chi connectivity index (χ3n) is 2.87. The highest BCUT2D eigenvalue weighted by atomic mass is 32.2. The minimum atomic E-state index is -3.94. The fourth-order valence-electron chi connectivity index (χ4n) is 1.60. The number of anilines is 1. The number of hydrogen-bond donors (Lipinski definition) is 2. The van der Waals surface area contributed by atoms with Crippen LogP contribution < -0.4 is 11.3 Å². The molecule has 0 amide bonds. The van der Waals surface area contributed by atoms with Crippen LogP contribution in [0.2, 0.25) is 0 Å². The van der Waals surface area contributed by atoms with Gasteiger partial charge in [-0.05, 0) is 26.2 Å². The molecule has 0 bridgehead atoms. The lowest BCUT2D eigenvalue weighted by atomic mass is 10.3. The maximum atomic E-state index is 12.4. The minimum absolute atomic E-state index is 0.226. The molecule has 1 rings (SSSR count). The van der Waals surface area contributed by atoms with Gasteiger partial charge in [0.1, 0.15) is 0 Å². The van der Waals surface area contributed by atoms with Gasteiger partial charge in [0, 0.05) is 26.2 Å². The Bertz CT molecular complexity index is 617. The third-order valence-corrected chi connectivity index (χ3v) is 4.78. The van der Waals surface area contributed by atoms with Gasteiger partial charge in [0.2, 0.25) is 10.0 Å². The predicted molar refractivity (Wildman–Crippen MR) is 79.3 cm³/mol. The molecular formula is C11H19N5O4S. The first-order chi connectivity index (χ1) is 9.70. The lowest BCUT2D eigenvalue weighted by molar-refractivity contribution is -0.387. The van der Waals surface area contributed by atoms with Gasteiger partial charge in [0.05, 0.1) is 10.6 Å². The molecule has 0 radical (unpaired) electrons. The Morgan fingerprint density at radius 2 is 1.90 bits per heavy atom. The Balaban J connectivity index is 3.21. The average molecular weight is 317 g/mol. The number of hydrazine groups is 1. The maximum absolute atomic E-state index is 12.4. The van der Waals surface area contributed by atoms with E-state index in [-0.39, 0.29) is 17.1 Å². The highest BCUT2D eigenvalue weighted by Crippen LogP contribution is 2.28. The highest BCUT2D eigenvalue weighted by Gasteiger charge is 2.29. The summed E-state index contributed by atoms with van der Waals surface area (Å²) in [6.45, 7) is 0.731. The normalized spacial score (nSPS) is 11.9. The van der Waals surface area contributed by atoms with Crippen LogP contribution in [-0.2, 0) is 10.0 Å². The van der Waals surface area contributed by atoms with E-state index in [0.29, 0.717) is 6.54 Å². The van der Waals surface area contributed by atoms with E-state index >= 15 is 0 Å². The van der Waals surface area contributed by atoms with Crippen LogP contribution >= 0.6 is 0 Å². The fourth-order valence-corrected chi connectivity index (χ4v) is 2.89. The van der Waals surface area contributed by atoms with Crippen LogP contribution in [0.25, 0.3) is 0 Å². The van der Waals surface area contributed by atoms with Crippen LogP contribution in [0.3, 0.4) is 0 Å². The predicted octanol–water partition coefficient (Wildman–Crippen LogP) is 0.0625. The molecule has 0 fully saturated rings. The van der Waals surface area contributed by atoms with Gasteiger partial charge in [-0.25, -0.2) is 8.42 Å². The molecule has 0 saturated carbocycles. The van der Waals surface area contributed by atoms with E-state index in [1.807, 2.05) is 19.0 Å². The molecule has 0 aliphatic heterocycles. The van der Waals surface area contributed by atoms with E-state index < -0.39 is 20.6 Å². The number of sulfonamides is 1. The first kappa shape index (κ1) is 17.3. The van der Waals surface area contributed by atoms with Crippen molar-refractivity contribution in [1.82, 2.24) is 9.21 Å². The SMILES string of the molecule is CN(C)CCN(C)S(=O)(=O)c1ccc(NN)cc1[N+](=O)[O-]. The number of nitrogens with zero attached hydrogens (tertiary/aromatic N) is 3.